The molecule has 0 saturated carbocycles. The molecule has 8 heteroatoms. The number of aromatic nitrogens is 3. The molecule has 0 aliphatic carbocycles. The Hall–Kier alpha value is -2.97. The zero-order valence-electron chi connectivity index (χ0n) is 18.5. The normalized spacial score (nSPS) is 16.1. The molecule has 4 N–H and O–H groups in total. The van der Waals surface area contributed by atoms with Crippen molar-refractivity contribution < 1.29 is 4.79 Å². The van der Waals surface area contributed by atoms with Gasteiger partial charge in [0.25, 0.3) is 0 Å². The summed E-state index contributed by atoms with van der Waals surface area (Å²) >= 11 is 0. The van der Waals surface area contributed by atoms with Crippen LogP contribution >= 0.6 is 0 Å². The fourth-order valence-corrected chi connectivity index (χ4v) is 4.33. The van der Waals surface area contributed by atoms with Crippen molar-refractivity contribution in [2.24, 2.45) is 11.1 Å². The highest BCUT2D eigenvalue weighted by atomic mass is 16.2. The molecule has 0 bridgehead atoms. The van der Waals surface area contributed by atoms with Gasteiger partial charge in [-0.2, -0.15) is 0 Å². The van der Waals surface area contributed by atoms with Crippen molar-refractivity contribution in [1.29, 1.82) is 0 Å². The average Bonchev–Trinajstić information content (AvgIpc) is 3.16. The maximum Gasteiger partial charge on any atom is 0.232 e. The number of nitrogens with zero attached hydrogens (tertiary/aromatic N) is 4. The van der Waals surface area contributed by atoms with E-state index in [1.807, 2.05) is 44.6 Å². The molecule has 4 rings (SSSR count). The molecule has 164 valence electrons. The standard InChI is InChI=1S/C23H31N7O/c1-16-12-25-20-19(16)21(27-15-26-20)30-10-8-23(14-24,9-11-30)22(31)28-18-6-4-17(5-7-18)13-29(2)3/h4-7,12,15H,8-11,13-14,24H2,1-3H3,(H,28,31)(H,25,26,27). The minimum absolute atomic E-state index is 0.000619. The summed E-state index contributed by atoms with van der Waals surface area (Å²) in [5.74, 6) is 0.923. The lowest BCUT2D eigenvalue weighted by Gasteiger charge is -2.40. The van der Waals surface area contributed by atoms with Gasteiger partial charge in [-0.3, -0.25) is 4.79 Å². The van der Waals surface area contributed by atoms with Gasteiger partial charge in [0.1, 0.15) is 17.8 Å². The fraction of sp³-hybridized carbons (Fsp3) is 0.435. The summed E-state index contributed by atoms with van der Waals surface area (Å²) in [6.45, 7) is 4.70. The van der Waals surface area contributed by atoms with E-state index >= 15 is 0 Å². The van der Waals surface area contributed by atoms with Crippen LogP contribution in [-0.4, -0.2) is 59.5 Å². The highest BCUT2D eigenvalue weighted by Crippen LogP contribution is 2.35. The summed E-state index contributed by atoms with van der Waals surface area (Å²) in [5, 5.41) is 4.14. The lowest BCUT2D eigenvalue weighted by atomic mass is 9.77. The van der Waals surface area contributed by atoms with Crippen LogP contribution in [0.5, 0.6) is 0 Å². The topological polar surface area (TPSA) is 103 Å². The third-order valence-electron chi connectivity index (χ3n) is 6.25. The first-order valence-corrected chi connectivity index (χ1v) is 10.7. The second kappa shape index (κ2) is 8.64. The van der Waals surface area contributed by atoms with Gasteiger partial charge in [-0.25, -0.2) is 9.97 Å². The SMILES string of the molecule is Cc1c[nH]c2ncnc(N3CCC(CN)(C(=O)Nc4ccc(CN(C)C)cc4)CC3)c12. The lowest BCUT2D eigenvalue weighted by Crippen LogP contribution is -2.50. The van der Waals surface area contributed by atoms with Gasteiger partial charge in [-0.1, -0.05) is 12.1 Å². The van der Waals surface area contributed by atoms with Gasteiger partial charge >= 0.3 is 0 Å². The first-order chi connectivity index (χ1) is 14.9. The van der Waals surface area contributed by atoms with Crippen LogP contribution in [0.4, 0.5) is 11.5 Å². The predicted octanol–water partition coefficient (Wildman–Crippen LogP) is 2.51. The van der Waals surface area contributed by atoms with E-state index in [-0.39, 0.29) is 5.91 Å². The number of aromatic amines is 1. The Balaban J connectivity index is 1.45. The van der Waals surface area contributed by atoms with Crippen molar-refractivity contribution >= 4 is 28.4 Å². The molecule has 1 aromatic carbocycles. The van der Waals surface area contributed by atoms with Gasteiger partial charge < -0.3 is 25.8 Å². The van der Waals surface area contributed by atoms with Crippen LogP contribution in [0.25, 0.3) is 11.0 Å². The number of rotatable bonds is 6. The number of carbonyl (C=O) groups excluding carboxylic acids is 1. The zero-order chi connectivity index (χ0) is 22.0. The molecular formula is C23H31N7O. The van der Waals surface area contributed by atoms with Crippen LogP contribution in [0, 0.1) is 12.3 Å². The van der Waals surface area contributed by atoms with Gasteiger partial charge in [-0.05, 0) is 57.1 Å². The van der Waals surface area contributed by atoms with Crippen molar-refractivity contribution in [3.8, 4) is 0 Å². The molecule has 8 nitrogen and oxygen atoms in total. The van der Waals surface area contributed by atoms with Crippen LogP contribution in [0.3, 0.4) is 0 Å². The van der Waals surface area contributed by atoms with E-state index in [2.05, 4.69) is 37.0 Å². The molecule has 1 aliphatic heterocycles. The van der Waals surface area contributed by atoms with Gasteiger partial charge in [0, 0.05) is 38.1 Å². The van der Waals surface area contributed by atoms with Crippen LogP contribution in [0.1, 0.15) is 24.0 Å². The van der Waals surface area contributed by atoms with E-state index in [1.54, 1.807) is 6.33 Å². The second-order valence-electron chi connectivity index (χ2n) is 8.75. The van der Waals surface area contributed by atoms with E-state index < -0.39 is 5.41 Å². The van der Waals surface area contributed by atoms with Gasteiger partial charge in [0.2, 0.25) is 5.91 Å². The Morgan fingerprint density at radius 1 is 1.23 bits per heavy atom. The maximum atomic E-state index is 13.2. The predicted molar refractivity (Wildman–Crippen MR) is 124 cm³/mol. The van der Waals surface area contributed by atoms with Crippen LogP contribution < -0.4 is 16.0 Å². The Morgan fingerprint density at radius 2 is 1.94 bits per heavy atom. The minimum Gasteiger partial charge on any atom is -0.356 e. The summed E-state index contributed by atoms with van der Waals surface area (Å²) < 4.78 is 0. The summed E-state index contributed by atoms with van der Waals surface area (Å²) in [5.41, 5.74) is 9.55. The molecule has 1 saturated heterocycles. The number of H-pyrrole nitrogens is 1. The first kappa shape index (κ1) is 21.3. The molecule has 0 atom stereocenters. The smallest absolute Gasteiger partial charge is 0.232 e. The number of carbonyl (C=O) groups is 1. The molecule has 0 unspecified atom stereocenters. The number of nitrogens with one attached hydrogen (secondary N) is 2. The maximum absolute atomic E-state index is 13.2. The lowest BCUT2D eigenvalue weighted by molar-refractivity contribution is -0.126. The van der Waals surface area contributed by atoms with E-state index in [0.717, 1.165) is 47.7 Å². The summed E-state index contributed by atoms with van der Waals surface area (Å²) in [6, 6.07) is 8.02. The van der Waals surface area contributed by atoms with Crippen LogP contribution in [0.15, 0.2) is 36.8 Å². The number of hydrogen-bond donors (Lipinski definition) is 3. The third-order valence-corrected chi connectivity index (χ3v) is 6.25. The van der Waals surface area contributed by atoms with Crippen molar-refractivity contribution in [3.63, 3.8) is 0 Å². The summed E-state index contributed by atoms with van der Waals surface area (Å²) in [4.78, 5) is 29.6. The van der Waals surface area contributed by atoms with E-state index in [1.165, 1.54) is 5.56 Å². The highest BCUT2D eigenvalue weighted by Gasteiger charge is 2.41. The molecule has 3 heterocycles. The highest BCUT2D eigenvalue weighted by molar-refractivity contribution is 5.96. The third kappa shape index (κ3) is 4.26. The zero-order valence-corrected chi connectivity index (χ0v) is 18.5. The molecule has 1 amide bonds. The van der Waals surface area contributed by atoms with Crippen molar-refractivity contribution in [2.45, 2.75) is 26.3 Å². The van der Waals surface area contributed by atoms with Gasteiger partial charge in [0.05, 0.1) is 10.8 Å². The molecule has 1 aliphatic rings. The second-order valence-corrected chi connectivity index (χ2v) is 8.75. The van der Waals surface area contributed by atoms with Crippen LogP contribution in [0.2, 0.25) is 0 Å². The Kier molecular flexibility index (Phi) is 5.93. The van der Waals surface area contributed by atoms with Gasteiger partial charge in [-0.15, -0.1) is 0 Å². The summed E-state index contributed by atoms with van der Waals surface area (Å²) in [6.07, 6.45) is 4.91. The number of benzene rings is 1. The molecule has 31 heavy (non-hydrogen) atoms. The number of anilines is 2. The Labute approximate surface area is 182 Å². The number of piperidine rings is 1. The Bertz CT molecular complexity index is 1050. The van der Waals surface area contributed by atoms with Crippen LogP contribution in [-0.2, 0) is 11.3 Å². The van der Waals surface area contributed by atoms with E-state index in [4.69, 9.17) is 5.73 Å². The fourth-order valence-electron chi connectivity index (χ4n) is 4.33. The monoisotopic (exact) mass is 421 g/mol. The van der Waals surface area contributed by atoms with Crippen molar-refractivity contribution in [2.75, 3.05) is 43.9 Å². The van der Waals surface area contributed by atoms with Gasteiger partial charge in [0.15, 0.2) is 0 Å². The average molecular weight is 422 g/mol. The molecule has 2 aromatic heterocycles. The Morgan fingerprint density at radius 3 is 2.58 bits per heavy atom. The molecule has 1 fully saturated rings. The van der Waals surface area contributed by atoms with Crippen molar-refractivity contribution in [3.05, 3.63) is 47.9 Å². The number of aryl methyl sites for hydroxylation is 1. The molecule has 0 spiro atoms. The van der Waals surface area contributed by atoms with E-state index in [9.17, 15) is 4.79 Å². The number of fused-ring (bicyclic) bond motifs is 1. The minimum atomic E-state index is -0.571. The molecule has 0 radical (unpaired) electrons. The molecular weight excluding hydrogens is 390 g/mol. The largest absolute Gasteiger partial charge is 0.356 e. The van der Waals surface area contributed by atoms with Crippen molar-refractivity contribution in [1.82, 2.24) is 19.9 Å². The number of nitrogens with two attached hydrogens (primary N) is 1. The quantitative estimate of drug-likeness (QED) is 0.565. The summed E-state index contributed by atoms with van der Waals surface area (Å²) in [7, 11) is 4.08. The molecule has 3 aromatic rings. The van der Waals surface area contributed by atoms with E-state index in [0.29, 0.717) is 19.4 Å². The number of hydrogen-bond acceptors (Lipinski definition) is 6. The first-order valence-electron chi connectivity index (χ1n) is 10.7. The number of amides is 1.